The van der Waals surface area contributed by atoms with Crippen molar-refractivity contribution in [1.29, 1.82) is 0 Å². The fourth-order valence-corrected chi connectivity index (χ4v) is 2.75. The number of benzene rings is 2. The maximum atomic E-state index is 6.29. The van der Waals surface area contributed by atoms with Crippen LogP contribution >= 0.6 is 15.9 Å². The van der Waals surface area contributed by atoms with Crippen LogP contribution in [0, 0.1) is 0 Å². The molecule has 2 N–H and O–H groups in total. The molecule has 0 radical (unpaired) electrons. The highest BCUT2D eigenvalue weighted by atomic mass is 79.9. The Morgan fingerprint density at radius 2 is 1.95 bits per heavy atom. The summed E-state index contributed by atoms with van der Waals surface area (Å²) < 4.78 is 11.9. The maximum absolute atomic E-state index is 6.29. The summed E-state index contributed by atoms with van der Waals surface area (Å²) in [5, 5.41) is 1.06. The van der Waals surface area contributed by atoms with E-state index in [1.807, 2.05) is 48.5 Å². The lowest BCUT2D eigenvalue weighted by atomic mass is 10.1. The molecule has 102 valence electrons. The molecular formula is C16H14BrNO2. The zero-order valence-electron chi connectivity index (χ0n) is 11.0. The number of furan rings is 1. The quantitative estimate of drug-likeness (QED) is 0.780. The number of methoxy groups -OCH3 is 1. The van der Waals surface area contributed by atoms with Gasteiger partial charge < -0.3 is 14.9 Å². The molecule has 0 fully saturated rings. The Hall–Kier alpha value is -1.78. The predicted molar refractivity (Wildman–Crippen MR) is 82.9 cm³/mol. The van der Waals surface area contributed by atoms with Crippen LogP contribution < -0.4 is 10.5 Å². The minimum absolute atomic E-state index is 0.301. The lowest BCUT2D eigenvalue weighted by Gasteiger charge is -2.11. The van der Waals surface area contributed by atoms with E-state index in [4.69, 9.17) is 14.9 Å². The summed E-state index contributed by atoms with van der Waals surface area (Å²) in [6.07, 6.45) is 0. The van der Waals surface area contributed by atoms with E-state index in [1.165, 1.54) is 0 Å². The average Bonchev–Trinajstić information content (AvgIpc) is 2.90. The van der Waals surface area contributed by atoms with Gasteiger partial charge in [-0.15, -0.1) is 0 Å². The highest BCUT2D eigenvalue weighted by Crippen LogP contribution is 2.31. The number of rotatable bonds is 3. The first-order valence-electron chi connectivity index (χ1n) is 6.26. The molecule has 3 nitrogen and oxygen atoms in total. The minimum Gasteiger partial charge on any atom is -0.496 e. The molecule has 3 rings (SSSR count). The molecule has 3 aromatic rings. The second kappa shape index (κ2) is 5.31. The first-order valence-corrected chi connectivity index (χ1v) is 7.06. The summed E-state index contributed by atoms with van der Waals surface area (Å²) in [5.41, 5.74) is 8.11. The molecule has 0 aliphatic rings. The molecule has 0 bridgehead atoms. The highest BCUT2D eigenvalue weighted by molar-refractivity contribution is 9.10. The lowest BCUT2D eigenvalue weighted by Crippen LogP contribution is -2.10. The van der Waals surface area contributed by atoms with Crippen molar-refractivity contribution in [3.8, 4) is 5.75 Å². The summed E-state index contributed by atoms with van der Waals surface area (Å²) >= 11 is 3.47. The molecule has 0 spiro atoms. The van der Waals surface area contributed by atoms with Crippen molar-refractivity contribution < 1.29 is 9.15 Å². The van der Waals surface area contributed by atoms with Gasteiger partial charge in [0.05, 0.1) is 17.6 Å². The van der Waals surface area contributed by atoms with E-state index in [9.17, 15) is 0 Å². The normalized spacial score (nSPS) is 12.6. The van der Waals surface area contributed by atoms with Gasteiger partial charge >= 0.3 is 0 Å². The van der Waals surface area contributed by atoms with E-state index in [1.54, 1.807) is 7.11 Å². The van der Waals surface area contributed by atoms with Crippen LogP contribution in [0.3, 0.4) is 0 Å². The second-order valence-corrected chi connectivity index (χ2v) is 5.41. The van der Waals surface area contributed by atoms with Crippen molar-refractivity contribution in [3.63, 3.8) is 0 Å². The van der Waals surface area contributed by atoms with Gasteiger partial charge in [0.2, 0.25) is 0 Å². The van der Waals surface area contributed by atoms with Crippen LogP contribution in [0.2, 0.25) is 0 Å². The van der Waals surface area contributed by atoms with E-state index in [2.05, 4.69) is 15.9 Å². The van der Waals surface area contributed by atoms with E-state index in [0.29, 0.717) is 0 Å². The number of hydrogen-bond acceptors (Lipinski definition) is 3. The number of hydrogen-bond donors (Lipinski definition) is 1. The minimum atomic E-state index is -0.301. The van der Waals surface area contributed by atoms with Crippen molar-refractivity contribution >= 4 is 26.9 Å². The van der Waals surface area contributed by atoms with Gasteiger partial charge in [0.15, 0.2) is 0 Å². The molecule has 0 saturated carbocycles. The fraction of sp³-hybridized carbons (Fsp3) is 0.125. The van der Waals surface area contributed by atoms with Gasteiger partial charge in [0.25, 0.3) is 0 Å². The van der Waals surface area contributed by atoms with E-state index < -0.39 is 0 Å². The number of halogens is 1. The molecule has 1 unspecified atom stereocenters. The van der Waals surface area contributed by atoms with E-state index in [0.717, 1.165) is 32.5 Å². The highest BCUT2D eigenvalue weighted by Gasteiger charge is 2.15. The Morgan fingerprint density at radius 1 is 1.15 bits per heavy atom. The summed E-state index contributed by atoms with van der Waals surface area (Å²) in [6, 6.07) is 15.4. The van der Waals surface area contributed by atoms with E-state index >= 15 is 0 Å². The van der Waals surface area contributed by atoms with Crippen LogP contribution in [0.15, 0.2) is 57.4 Å². The number of nitrogens with two attached hydrogens (primary N) is 1. The summed E-state index contributed by atoms with van der Waals surface area (Å²) in [4.78, 5) is 0. The van der Waals surface area contributed by atoms with Gasteiger partial charge in [-0.2, -0.15) is 0 Å². The summed E-state index contributed by atoms with van der Waals surface area (Å²) in [5.74, 6) is 1.54. The van der Waals surface area contributed by atoms with Gasteiger partial charge in [-0.1, -0.05) is 24.3 Å². The van der Waals surface area contributed by atoms with Crippen LogP contribution in [0.5, 0.6) is 5.75 Å². The second-order valence-electron chi connectivity index (χ2n) is 4.56. The smallest absolute Gasteiger partial charge is 0.134 e. The van der Waals surface area contributed by atoms with Crippen LogP contribution in [-0.4, -0.2) is 7.11 Å². The van der Waals surface area contributed by atoms with Crippen molar-refractivity contribution in [3.05, 3.63) is 64.3 Å². The molecule has 0 aliphatic heterocycles. The fourth-order valence-electron chi connectivity index (χ4n) is 2.20. The van der Waals surface area contributed by atoms with Crippen LogP contribution in [-0.2, 0) is 0 Å². The number of para-hydroxylation sites is 1. The largest absolute Gasteiger partial charge is 0.496 e. The molecule has 20 heavy (non-hydrogen) atoms. The lowest BCUT2D eigenvalue weighted by molar-refractivity contribution is 0.411. The van der Waals surface area contributed by atoms with Gasteiger partial charge in [0.1, 0.15) is 17.1 Å². The maximum Gasteiger partial charge on any atom is 0.134 e. The predicted octanol–water partition coefficient (Wildman–Crippen LogP) is 4.25. The average molecular weight is 332 g/mol. The standard InChI is InChI=1S/C16H14BrNO2/c1-19-14-7-6-11(8-12(14)17)16(18)15-9-10-4-2-3-5-13(10)20-15/h2-9,16H,18H2,1H3. The third-order valence-corrected chi connectivity index (χ3v) is 3.91. The van der Waals surface area contributed by atoms with Gasteiger partial charge in [-0.3, -0.25) is 0 Å². The third-order valence-electron chi connectivity index (χ3n) is 3.29. The SMILES string of the molecule is COc1ccc(C(N)c2cc3ccccc3o2)cc1Br. The molecule has 1 heterocycles. The number of ether oxygens (including phenoxy) is 1. The van der Waals surface area contributed by atoms with Crippen LogP contribution in [0.4, 0.5) is 0 Å². The Balaban J connectivity index is 1.99. The Morgan fingerprint density at radius 3 is 2.65 bits per heavy atom. The molecule has 0 amide bonds. The zero-order valence-corrected chi connectivity index (χ0v) is 12.6. The molecule has 2 aromatic carbocycles. The van der Waals surface area contributed by atoms with Crippen molar-refractivity contribution in [2.24, 2.45) is 5.73 Å². The molecule has 1 aromatic heterocycles. The molecule has 1 atom stereocenters. The Bertz CT molecular complexity index is 718. The zero-order chi connectivity index (χ0) is 14.1. The Labute approximate surface area is 125 Å². The number of fused-ring (bicyclic) bond motifs is 1. The van der Waals surface area contributed by atoms with Crippen LogP contribution in [0.25, 0.3) is 11.0 Å². The molecule has 0 saturated heterocycles. The summed E-state index contributed by atoms with van der Waals surface area (Å²) in [6.45, 7) is 0. The third kappa shape index (κ3) is 2.32. The van der Waals surface area contributed by atoms with Crippen molar-refractivity contribution in [2.45, 2.75) is 6.04 Å². The van der Waals surface area contributed by atoms with Crippen molar-refractivity contribution in [2.75, 3.05) is 7.11 Å². The van der Waals surface area contributed by atoms with E-state index in [-0.39, 0.29) is 6.04 Å². The van der Waals surface area contributed by atoms with Gasteiger partial charge in [-0.25, -0.2) is 0 Å². The Kier molecular flexibility index (Phi) is 3.51. The first kappa shape index (κ1) is 13.2. The van der Waals surface area contributed by atoms with Crippen LogP contribution in [0.1, 0.15) is 17.4 Å². The summed E-state index contributed by atoms with van der Waals surface area (Å²) in [7, 11) is 1.64. The topological polar surface area (TPSA) is 48.4 Å². The molecule has 0 aliphatic carbocycles. The van der Waals surface area contributed by atoms with Gasteiger partial charge in [-0.05, 0) is 45.8 Å². The van der Waals surface area contributed by atoms with Gasteiger partial charge in [0, 0.05) is 5.39 Å². The molecule has 4 heteroatoms. The van der Waals surface area contributed by atoms with Crippen molar-refractivity contribution in [1.82, 2.24) is 0 Å². The molecular weight excluding hydrogens is 318 g/mol. The monoisotopic (exact) mass is 331 g/mol. The first-order chi connectivity index (χ1) is 9.69.